The predicted molar refractivity (Wildman–Crippen MR) is 177 cm³/mol. The Morgan fingerprint density at radius 2 is 1.52 bits per heavy atom. The van der Waals surface area contributed by atoms with Gasteiger partial charge >= 0.3 is 0 Å². The van der Waals surface area contributed by atoms with Crippen molar-refractivity contribution >= 4 is 12.1 Å². The highest BCUT2D eigenvalue weighted by Crippen LogP contribution is 2.54. The number of carbonyl (C=O) groups is 2. The molecule has 0 aliphatic carbocycles. The normalized spacial score (nSPS) is 53.2. The standard InChI is InChI=1S/C39H54O11/c1-19-13-23-5-7-27-20(2)14-25(43-27)9-11-39-18-32-35(49-39)36-37(48-32)38(50-39)34-28(47-36)8-6-24(45-34)15-22(41)16-26-31(17-30(44-23)21(19)3)46-29(10-12-40)33(26)42-4/h12,19,23-38H,2-3,5-11,13-18H2,1,4H3/t19-,23?,24?,25+,26+,27+,28+,29-,30-,31+,32-,33-,34+,35?,36+,37-,38+,39+/m1/s1. The van der Waals surface area contributed by atoms with Crippen LogP contribution in [0.4, 0.5) is 0 Å². The lowest BCUT2D eigenvalue weighted by Crippen LogP contribution is -2.61. The van der Waals surface area contributed by atoms with E-state index >= 15 is 0 Å². The molecule has 0 saturated carbocycles. The maximum absolute atomic E-state index is 13.9. The van der Waals surface area contributed by atoms with Gasteiger partial charge in [0.1, 0.15) is 42.6 Å². The summed E-state index contributed by atoms with van der Waals surface area (Å²) in [6, 6.07) is 0. The van der Waals surface area contributed by atoms with Crippen molar-refractivity contribution in [3.63, 3.8) is 0 Å². The van der Waals surface area contributed by atoms with Crippen molar-refractivity contribution in [1.29, 1.82) is 0 Å². The Bertz CT molecular complexity index is 1350. The van der Waals surface area contributed by atoms with Crippen LogP contribution >= 0.6 is 0 Å². The number of aldehydes is 1. The van der Waals surface area contributed by atoms with Gasteiger partial charge < -0.3 is 47.4 Å². The van der Waals surface area contributed by atoms with Gasteiger partial charge in [0.05, 0.1) is 61.0 Å². The number of methoxy groups -OCH3 is 1. The SMILES string of the molecule is C=C1C[C@@H]2CC[C@@]34C[C@H]5O[C@H]6[C@@H](O3)[C@H]3OC(CC[C@@H]3O[C@H]6C5O4)CC(=O)C[C@@H]3[C@@H](OC)[C@@H](CC=O)O[C@H]3C[C@H]3OC(CC[C@@H]1O2)C[C@@H](C)C3=C. The lowest BCUT2D eigenvalue weighted by atomic mass is 9.81. The van der Waals surface area contributed by atoms with Gasteiger partial charge in [-0.25, -0.2) is 0 Å². The molecule has 276 valence electrons. The third-order valence-corrected chi connectivity index (χ3v) is 13.5. The van der Waals surface area contributed by atoms with Gasteiger partial charge in [-0.3, -0.25) is 4.79 Å². The van der Waals surface area contributed by atoms with Gasteiger partial charge in [-0.05, 0) is 62.0 Å². The van der Waals surface area contributed by atoms with E-state index in [1.165, 1.54) is 0 Å². The second-order valence-corrected chi connectivity index (χ2v) is 16.7. The van der Waals surface area contributed by atoms with Crippen LogP contribution in [0.15, 0.2) is 24.3 Å². The third-order valence-electron chi connectivity index (χ3n) is 13.5. The molecule has 10 rings (SSSR count). The zero-order chi connectivity index (χ0) is 34.3. The molecular weight excluding hydrogens is 644 g/mol. The highest BCUT2D eigenvalue weighted by Gasteiger charge is 2.68. The highest BCUT2D eigenvalue weighted by atomic mass is 16.8. The van der Waals surface area contributed by atoms with Crippen LogP contribution < -0.4 is 0 Å². The third kappa shape index (κ3) is 6.00. The van der Waals surface area contributed by atoms with Gasteiger partial charge in [-0.2, -0.15) is 0 Å². The number of hydrogen-bond donors (Lipinski definition) is 0. The summed E-state index contributed by atoms with van der Waals surface area (Å²) >= 11 is 0. The Morgan fingerprint density at radius 3 is 2.36 bits per heavy atom. The van der Waals surface area contributed by atoms with Gasteiger partial charge in [0.2, 0.25) is 0 Å². The molecule has 0 amide bonds. The Kier molecular flexibility index (Phi) is 9.17. The molecule has 10 aliphatic rings. The van der Waals surface area contributed by atoms with Crippen LogP contribution in [0.25, 0.3) is 0 Å². The number of fused-ring (bicyclic) bond motifs is 6. The summed E-state index contributed by atoms with van der Waals surface area (Å²) in [4.78, 5) is 25.6. The molecule has 10 saturated heterocycles. The summed E-state index contributed by atoms with van der Waals surface area (Å²) in [5, 5.41) is 0. The lowest BCUT2D eigenvalue weighted by molar-refractivity contribution is -0.292. The Balaban J connectivity index is 0.996. The average Bonchev–Trinajstić information content (AvgIpc) is 3.76. The maximum atomic E-state index is 13.9. The number of hydrogen-bond acceptors (Lipinski definition) is 11. The van der Waals surface area contributed by atoms with Crippen molar-refractivity contribution in [2.24, 2.45) is 11.8 Å². The molecule has 11 nitrogen and oxygen atoms in total. The molecule has 0 aromatic heterocycles. The van der Waals surface area contributed by atoms with E-state index in [0.717, 1.165) is 62.4 Å². The summed E-state index contributed by atoms with van der Waals surface area (Å²) in [6.45, 7) is 11.1. The quantitative estimate of drug-likeness (QED) is 0.310. The van der Waals surface area contributed by atoms with Crippen LogP contribution in [0.2, 0.25) is 0 Å². The zero-order valence-corrected chi connectivity index (χ0v) is 29.5. The smallest absolute Gasteiger partial charge is 0.172 e. The fourth-order valence-corrected chi connectivity index (χ4v) is 11.0. The average molecular weight is 699 g/mol. The van der Waals surface area contributed by atoms with E-state index in [0.29, 0.717) is 19.3 Å². The minimum absolute atomic E-state index is 0.0117. The number of ether oxygens (including phenoxy) is 9. The number of Topliss-reactive ketones (excluding diaryl/α,β-unsaturated/α-hetero) is 1. The number of ketones is 1. The summed E-state index contributed by atoms with van der Waals surface area (Å²) in [5.74, 6) is -0.608. The van der Waals surface area contributed by atoms with Crippen LogP contribution in [-0.4, -0.2) is 117 Å². The Hall–Kier alpha value is -1.54. The second kappa shape index (κ2) is 13.4. The summed E-state index contributed by atoms with van der Waals surface area (Å²) in [6.07, 6.45) is 6.39. The largest absolute Gasteiger partial charge is 0.378 e. The minimum Gasteiger partial charge on any atom is -0.378 e. The summed E-state index contributed by atoms with van der Waals surface area (Å²) in [5.41, 5.74) is 2.20. The van der Waals surface area contributed by atoms with Crippen LogP contribution in [0.3, 0.4) is 0 Å². The van der Waals surface area contributed by atoms with Crippen LogP contribution in [0.1, 0.15) is 90.4 Å². The van der Waals surface area contributed by atoms with Gasteiger partial charge in [0.25, 0.3) is 0 Å². The Morgan fingerprint density at radius 1 is 0.760 bits per heavy atom. The monoisotopic (exact) mass is 698 g/mol. The van der Waals surface area contributed by atoms with Crippen LogP contribution in [-0.2, 0) is 52.2 Å². The second-order valence-electron chi connectivity index (χ2n) is 16.7. The highest BCUT2D eigenvalue weighted by molar-refractivity contribution is 5.79. The van der Waals surface area contributed by atoms with Gasteiger partial charge in [-0.1, -0.05) is 20.1 Å². The molecule has 10 heterocycles. The summed E-state index contributed by atoms with van der Waals surface area (Å²) in [7, 11) is 1.64. The van der Waals surface area contributed by atoms with Crippen LogP contribution in [0, 0.1) is 11.8 Å². The minimum atomic E-state index is -0.776. The van der Waals surface area contributed by atoms with Crippen molar-refractivity contribution in [3.8, 4) is 0 Å². The molecule has 18 atom stereocenters. The van der Waals surface area contributed by atoms with Crippen molar-refractivity contribution in [3.05, 3.63) is 24.3 Å². The first-order valence-electron chi connectivity index (χ1n) is 19.3. The molecular formula is C39H54O11. The first kappa shape index (κ1) is 34.2. The van der Waals surface area contributed by atoms with E-state index in [1.807, 2.05) is 0 Å². The van der Waals surface area contributed by atoms with Crippen molar-refractivity contribution in [1.82, 2.24) is 0 Å². The molecule has 50 heavy (non-hydrogen) atoms. The molecule has 10 fully saturated rings. The molecule has 12 bridgehead atoms. The Labute approximate surface area is 295 Å². The van der Waals surface area contributed by atoms with E-state index < -0.39 is 11.9 Å². The van der Waals surface area contributed by atoms with Crippen molar-refractivity contribution < 1.29 is 52.2 Å². The van der Waals surface area contributed by atoms with Gasteiger partial charge in [0, 0.05) is 51.6 Å². The zero-order valence-electron chi connectivity index (χ0n) is 29.5. The number of carbonyl (C=O) groups excluding carboxylic acids is 2. The van der Waals surface area contributed by atoms with E-state index in [9.17, 15) is 9.59 Å². The van der Waals surface area contributed by atoms with Gasteiger partial charge in [0.15, 0.2) is 5.79 Å². The van der Waals surface area contributed by atoms with E-state index in [1.54, 1.807) is 7.11 Å². The molecule has 3 unspecified atom stereocenters. The molecule has 10 aliphatic heterocycles. The maximum Gasteiger partial charge on any atom is 0.172 e. The van der Waals surface area contributed by atoms with E-state index in [2.05, 4.69) is 20.1 Å². The first-order valence-corrected chi connectivity index (χ1v) is 19.3. The molecule has 11 heteroatoms. The summed E-state index contributed by atoms with van der Waals surface area (Å²) < 4.78 is 59.6. The lowest BCUT2D eigenvalue weighted by Gasteiger charge is -2.47. The molecule has 0 radical (unpaired) electrons. The van der Waals surface area contributed by atoms with Crippen LogP contribution in [0.5, 0.6) is 0 Å². The molecule has 0 aromatic rings. The first-order chi connectivity index (χ1) is 24.2. The van der Waals surface area contributed by atoms with Gasteiger partial charge in [-0.15, -0.1) is 0 Å². The molecule has 0 N–H and O–H groups in total. The number of rotatable bonds is 3. The van der Waals surface area contributed by atoms with E-state index in [4.69, 9.17) is 42.6 Å². The predicted octanol–water partition coefficient (Wildman–Crippen LogP) is 4.32. The topological polar surface area (TPSA) is 117 Å². The fourth-order valence-electron chi connectivity index (χ4n) is 11.0. The van der Waals surface area contributed by atoms with Crippen molar-refractivity contribution in [2.75, 3.05) is 7.11 Å². The fraction of sp³-hybridized carbons (Fsp3) is 0.846. The van der Waals surface area contributed by atoms with E-state index in [-0.39, 0.29) is 122 Å². The molecule has 0 aromatic carbocycles. The van der Waals surface area contributed by atoms with Crippen molar-refractivity contribution in [2.45, 2.75) is 188 Å². The molecule has 1 spiro atoms.